The van der Waals surface area contributed by atoms with E-state index < -0.39 is 17.9 Å². The van der Waals surface area contributed by atoms with Gasteiger partial charge in [-0.1, -0.05) is 23.7 Å². The van der Waals surface area contributed by atoms with Gasteiger partial charge in [-0.3, -0.25) is 4.79 Å². The van der Waals surface area contributed by atoms with Crippen molar-refractivity contribution in [3.8, 4) is 0 Å². The summed E-state index contributed by atoms with van der Waals surface area (Å²) in [5.74, 6) is -0.841. The van der Waals surface area contributed by atoms with Gasteiger partial charge in [0.2, 0.25) is 0 Å². The molecule has 0 spiro atoms. The smallest absolute Gasteiger partial charge is 0.350 e. The van der Waals surface area contributed by atoms with E-state index in [-0.39, 0.29) is 21.3 Å². The molecule has 0 saturated heterocycles. The third-order valence-corrected chi connectivity index (χ3v) is 5.71. The molecule has 0 aliphatic rings. The number of carbonyl (C=O) groups is 1. The van der Waals surface area contributed by atoms with Gasteiger partial charge in [0.25, 0.3) is 5.56 Å². The van der Waals surface area contributed by atoms with Gasteiger partial charge >= 0.3 is 5.97 Å². The number of para-hydroxylation sites is 1. The summed E-state index contributed by atoms with van der Waals surface area (Å²) in [5, 5.41) is 1.25. The van der Waals surface area contributed by atoms with E-state index >= 15 is 0 Å². The summed E-state index contributed by atoms with van der Waals surface area (Å²) in [6.07, 6.45) is -0.798. The van der Waals surface area contributed by atoms with Crippen LogP contribution in [0.5, 0.6) is 0 Å². The van der Waals surface area contributed by atoms with E-state index in [1.165, 1.54) is 18.2 Å². The summed E-state index contributed by atoms with van der Waals surface area (Å²) in [7, 11) is 0. The highest BCUT2D eigenvalue weighted by Crippen LogP contribution is 2.36. The summed E-state index contributed by atoms with van der Waals surface area (Å²) in [4.78, 5) is 31.9. The number of nitrogens with one attached hydrogen (secondary N) is 1. The number of nitrogens with zero attached hydrogens (tertiary/aromatic N) is 1. The Morgan fingerprint density at radius 3 is 2.85 bits per heavy atom. The Morgan fingerprint density at radius 2 is 2.04 bits per heavy atom. The monoisotopic (exact) mass is 402 g/mol. The summed E-state index contributed by atoms with van der Waals surface area (Å²) >= 11 is 7.30. The number of rotatable bonds is 3. The van der Waals surface area contributed by atoms with Crippen molar-refractivity contribution in [3.05, 3.63) is 74.4 Å². The minimum atomic E-state index is -0.798. The van der Waals surface area contributed by atoms with Gasteiger partial charge in [-0.25, -0.2) is 14.2 Å². The van der Waals surface area contributed by atoms with Crippen LogP contribution in [0, 0.1) is 5.82 Å². The molecule has 27 heavy (non-hydrogen) atoms. The van der Waals surface area contributed by atoms with Gasteiger partial charge in [0.1, 0.15) is 10.7 Å². The van der Waals surface area contributed by atoms with Crippen LogP contribution in [-0.4, -0.2) is 15.9 Å². The van der Waals surface area contributed by atoms with Gasteiger partial charge in [-0.05, 0) is 37.3 Å². The second-order valence-corrected chi connectivity index (χ2v) is 7.33. The van der Waals surface area contributed by atoms with Crippen LogP contribution >= 0.6 is 22.9 Å². The second-order valence-electron chi connectivity index (χ2n) is 5.90. The van der Waals surface area contributed by atoms with Crippen molar-refractivity contribution >= 4 is 49.9 Å². The molecule has 1 atom stereocenters. The largest absolute Gasteiger partial charge is 0.450 e. The SMILES string of the molecule is C[C@@H](OC(=O)c1sc2cc(F)ccc2c1Cl)c1nc2ccccc2c(=O)[nH]1. The van der Waals surface area contributed by atoms with Gasteiger partial charge in [0.05, 0.1) is 15.9 Å². The van der Waals surface area contributed by atoms with Crippen molar-refractivity contribution in [2.24, 2.45) is 0 Å². The van der Waals surface area contributed by atoms with Crippen LogP contribution in [0.1, 0.15) is 28.5 Å². The molecule has 0 unspecified atom stereocenters. The minimum absolute atomic E-state index is 0.173. The van der Waals surface area contributed by atoms with Crippen LogP contribution in [0.15, 0.2) is 47.3 Å². The van der Waals surface area contributed by atoms with Crippen molar-refractivity contribution in [2.45, 2.75) is 13.0 Å². The summed E-state index contributed by atoms with van der Waals surface area (Å²) in [6, 6.07) is 11.0. The number of esters is 1. The van der Waals surface area contributed by atoms with Gasteiger partial charge in [0, 0.05) is 10.1 Å². The first-order valence-corrected chi connectivity index (χ1v) is 9.21. The lowest BCUT2D eigenvalue weighted by atomic mass is 10.2. The van der Waals surface area contributed by atoms with E-state index in [1.54, 1.807) is 31.2 Å². The molecule has 8 heteroatoms. The highest BCUT2D eigenvalue weighted by molar-refractivity contribution is 7.21. The van der Waals surface area contributed by atoms with E-state index in [0.717, 1.165) is 11.3 Å². The predicted molar refractivity (Wildman–Crippen MR) is 103 cm³/mol. The van der Waals surface area contributed by atoms with Crippen molar-refractivity contribution in [2.75, 3.05) is 0 Å². The van der Waals surface area contributed by atoms with Crippen molar-refractivity contribution in [3.63, 3.8) is 0 Å². The molecule has 0 aliphatic carbocycles. The molecule has 2 aromatic carbocycles. The minimum Gasteiger partial charge on any atom is -0.450 e. The number of halogens is 2. The number of hydrogen-bond donors (Lipinski definition) is 1. The number of ether oxygens (including phenoxy) is 1. The van der Waals surface area contributed by atoms with Crippen LogP contribution in [0.25, 0.3) is 21.0 Å². The zero-order valence-corrected chi connectivity index (χ0v) is 15.5. The quantitative estimate of drug-likeness (QED) is 0.497. The van der Waals surface area contributed by atoms with Crippen molar-refractivity contribution in [1.29, 1.82) is 0 Å². The van der Waals surface area contributed by atoms with Crippen molar-refractivity contribution in [1.82, 2.24) is 9.97 Å². The number of thiophene rings is 1. The molecule has 2 aromatic heterocycles. The lowest BCUT2D eigenvalue weighted by Gasteiger charge is -2.12. The number of H-pyrrole nitrogens is 1. The molecule has 1 N–H and O–H groups in total. The maximum atomic E-state index is 13.4. The van der Waals surface area contributed by atoms with Crippen LogP contribution in [0.2, 0.25) is 5.02 Å². The Labute approximate surface area is 161 Å². The fourth-order valence-electron chi connectivity index (χ4n) is 2.74. The molecule has 5 nitrogen and oxygen atoms in total. The molecular formula is C19H12ClFN2O3S. The molecule has 0 bridgehead atoms. The fourth-order valence-corrected chi connectivity index (χ4v) is 4.15. The summed E-state index contributed by atoms with van der Waals surface area (Å²) in [6.45, 7) is 1.60. The zero-order chi connectivity index (χ0) is 19.1. The molecule has 4 rings (SSSR count). The lowest BCUT2D eigenvalue weighted by Crippen LogP contribution is -2.17. The highest BCUT2D eigenvalue weighted by Gasteiger charge is 2.22. The molecule has 136 valence electrons. The Bertz CT molecular complexity index is 1250. The summed E-state index contributed by atoms with van der Waals surface area (Å²) < 4.78 is 19.4. The fraction of sp³-hybridized carbons (Fsp3) is 0.105. The first-order valence-electron chi connectivity index (χ1n) is 8.01. The molecular weight excluding hydrogens is 391 g/mol. The van der Waals surface area contributed by atoms with Crippen LogP contribution in [0.4, 0.5) is 4.39 Å². The Morgan fingerprint density at radius 1 is 1.26 bits per heavy atom. The molecule has 2 heterocycles. The van der Waals surface area contributed by atoms with Gasteiger partial charge < -0.3 is 9.72 Å². The van der Waals surface area contributed by atoms with E-state index in [4.69, 9.17) is 16.3 Å². The van der Waals surface area contributed by atoms with Crippen LogP contribution < -0.4 is 5.56 Å². The van der Waals surface area contributed by atoms with E-state index in [9.17, 15) is 14.0 Å². The zero-order valence-electron chi connectivity index (χ0n) is 14.0. The Balaban J connectivity index is 1.65. The van der Waals surface area contributed by atoms with E-state index in [2.05, 4.69) is 9.97 Å². The summed E-state index contributed by atoms with van der Waals surface area (Å²) in [5.41, 5.74) is 0.198. The van der Waals surface area contributed by atoms with Crippen LogP contribution in [0.3, 0.4) is 0 Å². The van der Waals surface area contributed by atoms with Gasteiger partial charge in [-0.15, -0.1) is 11.3 Å². The van der Waals surface area contributed by atoms with Gasteiger partial charge in [0.15, 0.2) is 11.9 Å². The van der Waals surface area contributed by atoms with Crippen LogP contribution in [-0.2, 0) is 4.74 Å². The predicted octanol–water partition coefficient (Wildman–Crippen LogP) is 4.85. The second kappa shape index (κ2) is 6.75. The maximum Gasteiger partial charge on any atom is 0.350 e. The molecule has 0 aliphatic heterocycles. The number of hydrogen-bond acceptors (Lipinski definition) is 5. The third kappa shape index (κ3) is 3.20. The molecule has 0 fully saturated rings. The topological polar surface area (TPSA) is 72.0 Å². The average Bonchev–Trinajstić information content (AvgIpc) is 2.97. The highest BCUT2D eigenvalue weighted by atomic mass is 35.5. The lowest BCUT2D eigenvalue weighted by molar-refractivity contribution is 0.0326. The Hall–Kier alpha value is -2.77. The van der Waals surface area contributed by atoms with E-state index in [0.29, 0.717) is 21.0 Å². The first kappa shape index (κ1) is 17.6. The van der Waals surface area contributed by atoms with Crippen molar-refractivity contribution < 1.29 is 13.9 Å². The number of aromatic nitrogens is 2. The Kier molecular flexibility index (Phi) is 4.41. The molecule has 0 saturated carbocycles. The number of aromatic amines is 1. The van der Waals surface area contributed by atoms with E-state index in [1.807, 2.05) is 0 Å². The average molecular weight is 403 g/mol. The van der Waals surface area contributed by atoms with Gasteiger partial charge in [-0.2, -0.15) is 0 Å². The molecule has 0 radical (unpaired) electrons. The molecule has 0 amide bonds. The molecule has 4 aromatic rings. The normalized spacial score (nSPS) is 12.4. The third-order valence-electron chi connectivity index (χ3n) is 4.08. The number of fused-ring (bicyclic) bond motifs is 2. The number of benzene rings is 2. The first-order chi connectivity index (χ1) is 12.9. The number of carbonyl (C=O) groups excluding carboxylic acids is 1. The maximum absolute atomic E-state index is 13.4. The standard InChI is InChI=1S/C19H12ClFN2O3S/c1-9(17-22-13-5-3-2-4-11(13)18(24)23-17)26-19(25)16-15(20)12-7-6-10(21)8-14(12)27-16/h2-9H,1H3,(H,22,23,24)/t9-/m1/s1.